The number of nitrogens with one attached hydrogen (secondary N) is 1. The quantitative estimate of drug-likeness (QED) is 0.650. The SMILES string of the molecule is CC1CCC(CN2[C@@H](C)N(C)C(=O)c3c(O)c(=O)c(C(=O)NCc4cccc(Cl)c4F)cn32)CC1. The molecule has 10 heteroatoms. The van der Waals surface area contributed by atoms with Crippen LogP contribution in [-0.2, 0) is 6.54 Å². The first kappa shape index (κ1) is 25.0. The lowest BCUT2D eigenvalue weighted by atomic mass is 9.83. The minimum absolute atomic E-state index is 0.0763. The average molecular weight is 505 g/mol. The van der Waals surface area contributed by atoms with Gasteiger partial charge in [0.15, 0.2) is 11.4 Å². The third kappa shape index (κ3) is 4.74. The maximum absolute atomic E-state index is 14.2. The molecule has 1 saturated carbocycles. The number of aromatic nitrogens is 1. The monoisotopic (exact) mass is 504 g/mol. The van der Waals surface area contributed by atoms with Gasteiger partial charge >= 0.3 is 0 Å². The molecule has 2 N–H and O–H groups in total. The fraction of sp³-hybridized carbons (Fsp3) is 0.480. The van der Waals surface area contributed by atoms with Crippen LogP contribution in [0.15, 0.2) is 29.2 Å². The molecular weight excluding hydrogens is 475 g/mol. The number of carbonyl (C=O) groups is 2. The summed E-state index contributed by atoms with van der Waals surface area (Å²) in [6.45, 7) is 4.51. The van der Waals surface area contributed by atoms with Crippen molar-refractivity contribution < 1.29 is 19.1 Å². The van der Waals surface area contributed by atoms with Gasteiger partial charge in [0.2, 0.25) is 5.43 Å². The van der Waals surface area contributed by atoms with Crippen molar-refractivity contribution in [1.29, 1.82) is 0 Å². The Labute approximate surface area is 208 Å². The Bertz CT molecular complexity index is 1210. The van der Waals surface area contributed by atoms with Gasteiger partial charge in [-0.05, 0) is 37.7 Å². The van der Waals surface area contributed by atoms with E-state index in [1.54, 1.807) is 13.1 Å². The number of rotatable bonds is 5. The van der Waals surface area contributed by atoms with E-state index in [0.29, 0.717) is 18.4 Å². The van der Waals surface area contributed by atoms with Crippen LogP contribution in [0, 0.1) is 17.7 Å². The molecular formula is C25H30ClFN4O4. The molecule has 0 spiro atoms. The highest BCUT2D eigenvalue weighted by Gasteiger charge is 2.38. The Morgan fingerprint density at radius 2 is 1.89 bits per heavy atom. The van der Waals surface area contributed by atoms with Crippen LogP contribution in [0.4, 0.5) is 4.39 Å². The summed E-state index contributed by atoms with van der Waals surface area (Å²) in [5, 5.41) is 15.1. The van der Waals surface area contributed by atoms with Gasteiger partial charge in [-0.3, -0.25) is 24.1 Å². The minimum atomic E-state index is -0.955. The van der Waals surface area contributed by atoms with E-state index in [0.717, 1.165) is 25.7 Å². The van der Waals surface area contributed by atoms with Gasteiger partial charge in [-0.15, -0.1) is 0 Å². The summed E-state index contributed by atoms with van der Waals surface area (Å²) in [6, 6.07) is 4.42. The van der Waals surface area contributed by atoms with Gasteiger partial charge in [-0.1, -0.05) is 43.5 Å². The average Bonchev–Trinajstić information content (AvgIpc) is 2.84. The Morgan fingerprint density at radius 3 is 2.57 bits per heavy atom. The van der Waals surface area contributed by atoms with Gasteiger partial charge in [0.1, 0.15) is 17.5 Å². The maximum atomic E-state index is 14.2. The number of amides is 2. The lowest BCUT2D eigenvalue weighted by Gasteiger charge is -2.45. The molecule has 0 saturated heterocycles. The number of pyridine rings is 1. The van der Waals surface area contributed by atoms with Crippen LogP contribution < -0.4 is 15.8 Å². The molecule has 1 fully saturated rings. The van der Waals surface area contributed by atoms with Gasteiger partial charge < -0.3 is 15.3 Å². The van der Waals surface area contributed by atoms with Crippen molar-refractivity contribution in [2.45, 2.75) is 52.2 Å². The van der Waals surface area contributed by atoms with E-state index in [-0.39, 0.29) is 34.6 Å². The summed E-state index contributed by atoms with van der Waals surface area (Å²) in [5.74, 6) is -1.67. The molecule has 1 atom stereocenters. The number of fused-ring (bicyclic) bond motifs is 1. The normalized spacial score (nSPS) is 22.2. The predicted molar refractivity (Wildman–Crippen MR) is 131 cm³/mol. The Balaban J connectivity index is 1.66. The van der Waals surface area contributed by atoms with Crippen LogP contribution in [0.1, 0.15) is 65.9 Å². The van der Waals surface area contributed by atoms with Gasteiger partial charge in [0.05, 0.1) is 5.02 Å². The molecule has 1 aliphatic carbocycles. The number of halogens is 2. The zero-order valence-corrected chi connectivity index (χ0v) is 20.8. The van der Waals surface area contributed by atoms with Gasteiger partial charge in [0, 0.05) is 31.9 Å². The molecule has 2 aliphatic rings. The second-order valence-corrected chi connectivity index (χ2v) is 10.0. The van der Waals surface area contributed by atoms with Crippen molar-refractivity contribution in [3.63, 3.8) is 0 Å². The first-order valence-electron chi connectivity index (χ1n) is 11.8. The zero-order chi connectivity index (χ0) is 25.4. The standard InChI is InChI=1S/C25H30ClFN4O4/c1-14-7-9-16(10-8-14)12-30-15(2)29(3)25(35)21-23(33)22(32)18(13-31(21)30)24(34)28-11-17-5-4-6-19(26)20(17)27/h4-6,13-16,33H,7-12H2,1-3H3,(H,28,34)/t14?,15-,16?/m0/s1. The highest BCUT2D eigenvalue weighted by Crippen LogP contribution is 2.31. The van der Waals surface area contributed by atoms with Gasteiger partial charge in [-0.25, -0.2) is 4.39 Å². The molecule has 188 valence electrons. The zero-order valence-electron chi connectivity index (χ0n) is 20.1. The molecule has 1 aromatic carbocycles. The van der Waals surface area contributed by atoms with E-state index in [9.17, 15) is 23.9 Å². The van der Waals surface area contributed by atoms with E-state index in [2.05, 4.69) is 12.2 Å². The van der Waals surface area contributed by atoms with Crippen molar-refractivity contribution in [2.24, 2.45) is 11.8 Å². The van der Waals surface area contributed by atoms with Gasteiger partial charge in [-0.2, -0.15) is 0 Å². The summed E-state index contributed by atoms with van der Waals surface area (Å²) < 4.78 is 15.6. The Kier molecular flexibility index (Phi) is 7.07. The van der Waals surface area contributed by atoms with Crippen molar-refractivity contribution >= 4 is 23.4 Å². The van der Waals surface area contributed by atoms with E-state index in [4.69, 9.17) is 11.6 Å². The highest BCUT2D eigenvalue weighted by molar-refractivity contribution is 6.30. The molecule has 1 aromatic heterocycles. The number of hydrogen-bond donors (Lipinski definition) is 2. The number of hydrogen-bond acceptors (Lipinski definition) is 5. The fourth-order valence-electron chi connectivity index (χ4n) is 4.84. The van der Waals surface area contributed by atoms with Crippen LogP contribution >= 0.6 is 11.6 Å². The first-order valence-corrected chi connectivity index (χ1v) is 12.2. The molecule has 8 nitrogen and oxygen atoms in total. The highest BCUT2D eigenvalue weighted by atomic mass is 35.5. The third-order valence-corrected chi connectivity index (χ3v) is 7.54. The predicted octanol–water partition coefficient (Wildman–Crippen LogP) is 3.47. The van der Waals surface area contributed by atoms with Crippen molar-refractivity contribution in [1.82, 2.24) is 14.9 Å². The molecule has 2 heterocycles. The summed E-state index contributed by atoms with van der Waals surface area (Å²) in [5.41, 5.74) is -1.30. The molecule has 2 amide bonds. The van der Waals surface area contributed by atoms with Crippen LogP contribution in [0.25, 0.3) is 0 Å². The largest absolute Gasteiger partial charge is 0.502 e. The van der Waals surface area contributed by atoms with E-state index >= 15 is 0 Å². The third-order valence-electron chi connectivity index (χ3n) is 7.25. The van der Waals surface area contributed by atoms with E-state index in [1.165, 1.54) is 27.9 Å². The topological polar surface area (TPSA) is 94.9 Å². The number of benzene rings is 1. The molecule has 0 unspecified atom stereocenters. The summed E-state index contributed by atoms with van der Waals surface area (Å²) in [4.78, 5) is 40.2. The Hall–Kier alpha value is -3.07. The number of aromatic hydroxyl groups is 1. The molecule has 2 aromatic rings. The lowest BCUT2D eigenvalue weighted by Crippen LogP contribution is -2.60. The summed E-state index contributed by atoms with van der Waals surface area (Å²) >= 11 is 5.80. The number of nitrogens with zero attached hydrogens (tertiary/aromatic N) is 3. The van der Waals surface area contributed by atoms with E-state index < -0.39 is 28.8 Å². The van der Waals surface area contributed by atoms with Gasteiger partial charge in [0.25, 0.3) is 11.8 Å². The molecule has 4 rings (SSSR count). The van der Waals surface area contributed by atoms with Crippen LogP contribution in [0.5, 0.6) is 5.75 Å². The fourth-order valence-corrected chi connectivity index (χ4v) is 5.04. The maximum Gasteiger partial charge on any atom is 0.277 e. The van der Waals surface area contributed by atoms with Crippen molar-refractivity contribution in [3.8, 4) is 5.75 Å². The second-order valence-electron chi connectivity index (χ2n) is 9.61. The Morgan fingerprint density at radius 1 is 1.20 bits per heavy atom. The lowest BCUT2D eigenvalue weighted by molar-refractivity contribution is 0.0638. The van der Waals surface area contributed by atoms with Crippen LogP contribution in [-0.4, -0.2) is 46.3 Å². The first-order chi connectivity index (χ1) is 16.6. The summed E-state index contributed by atoms with van der Waals surface area (Å²) in [6.07, 6.45) is 5.28. The second kappa shape index (κ2) is 9.89. The molecule has 35 heavy (non-hydrogen) atoms. The van der Waals surface area contributed by atoms with Crippen molar-refractivity contribution in [3.05, 3.63) is 62.3 Å². The molecule has 1 aliphatic heterocycles. The summed E-state index contributed by atoms with van der Waals surface area (Å²) in [7, 11) is 1.62. The number of carbonyl (C=O) groups excluding carboxylic acids is 2. The van der Waals surface area contributed by atoms with E-state index in [1.807, 2.05) is 11.9 Å². The van der Waals surface area contributed by atoms with Crippen LogP contribution in [0.2, 0.25) is 5.02 Å². The smallest absolute Gasteiger partial charge is 0.277 e. The minimum Gasteiger partial charge on any atom is -0.502 e. The van der Waals surface area contributed by atoms with Crippen LogP contribution in [0.3, 0.4) is 0 Å². The molecule has 0 radical (unpaired) electrons. The molecule has 0 bridgehead atoms. The van der Waals surface area contributed by atoms with Crippen molar-refractivity contribution in [2.75, 3.05) is 18.6 Å².